The molecule has 0 radical (unpaired) electrons. The van der Waals surface area contributed by atoms with E-state index in [0.29, 0.717) is 31.3 Å². The predicted octanol–water partition coefficient (Wildman–Crippen LogP) is 4.33. The van der Waals surface area contributed by atoms with Gasteiger partial charge in [-0.05, 0) is 44.0 Å². The van der Waals surface area contributed by atoms with E-state index in [-0.39, 0.29) is 12.4 Å². The van der Waals surface area contributed by atoms with Gasteiger partial charge in [0.2, 0.25) is 0 Å². The number of ether oxygens (including phenoxy) is 3. The lowest BCUT2D eigenvalue weighted by atomic mass is 10.2. The van der Waals surface area contributed by atoms with Crippen molar-refractivity contribution in [2.24, 2.45) is 0 Å². The van der Waals surface area contributed by atoms with Gasteiger partial charge >= 0.3 is 0 Å². The van der Waals surface area contributed by atoms with Crippen LogP contribution >= 0.6 is 12.4 Å². The maximum atomic E-state index is 5.94. The third kappa shape index (κ3) is 6.70. The zero-order chi connectivity index (χ0) is 15.6. The minimum atomic E-state index is 0. The fourth-order valence-electron chi connectivity index (χ4n) is 2.01. The average Bonchev–Trinajstić information content (AvgIpc) is 2.54. The molecule has 0 saturated carbocycles. The number of benzene rings is 2. The molecule has 0 saturated heterocycles. The number of nitrogens with two attached hydrogens (primary N) is 1. The van der Waals surface area contributed by atoms with Crippen molar-refractivity contribution >= 4 is 18.1 Å². The van der Waals surface area contributed by atoms with E-state index in [9.17, 15) is 0 Å². The van der Waals surface area contributed by atoms with Crippen molar-refractivity contribution in [3.63, 3.8) is 0 Å². The van der Waals surface area contributed by atoms with Crippen molar-refractivity contribution < 1.29 is 14.2 Å². The zero-order valence-corrected chi connectivity index (χ0v) is 14.2. The van der Waals surface area contributed by atoms with Crippen LogP contribution in [0.4, 0.5) is 5.69 Å². The highest BCUT2D eigenvalue weighted by Gasteiger charge is 2.02. The summed E-state index contributed by atoms with van der Waals surface area (Å²) in [4.78, 5) is 0. The van der Waals surface area contributed by atoms with Gasteiger partial charge in [-0.15, -0.1) is 12.4 Å². The van der Waals surface area contributed by atoms with Gasteiger partial charge in [-0.2, -0.15) is 0 Å². The highest BCUT2D eigenvalue weighted by Crippen LogP contribution is 2.26. The second kappa shape index (κ2) is 10.6. The van der Waals surface area contributed by atoms with Crippen LogP contribution < -0.4 is 19.9 Å². The zero-order valence-electron chi connectivity index (χ0n) is 13.4. The summed E-state index contributed by atoms with van der Waals surface area (Å²) in [7, 11) is 0. The van der Waals surface area contributed by atoms with E-state index in [1.165, 1.54) is 0 Å². The quantitative estimate of drug-likeness (QED) is 0.546. The van der Waals surface area contributed by atoms with E-state index in [4.69, 9.17) is 19.9 Å². The largest absolute Gasteiger partial charge is 0.494 e. The Morgan fingerprint density at radius 1 is 0.826 bits per heavy atom. The van der Waals surface area contributed by atoms with Gasteiger partial charge in [0.05, 0.1) is 25.5 Å². The third-order valence-corrected chi connectivity index (χ3v) is 3.10. The molecule has 0 aliphatic rings. The molecule has 0 aliphatic heterocycles. The number of hydrogen-bond acceptors (Lipinski definition) is 4. The molecule has 126 valence electrons. The normalized spacial score (nSPS) is 9.78. The Morgan fingerprint density at radius 2 is 1.52 bits per heavy atom. The van der Waals surface area contributed by atoms with Gasteiger partial charge in [0, 0.05) is 6.07 Å². The van der Waals surface area contributed by atoms with Crippen molar-refractivity contribution in [2.75, 3.05) is 25.6 Å². The summed E-state index contributed by atoms with van der Waals surface area (Å²) in [5, 5.41) is 0. The van der Waals surface area contributed by atoms with Crippen LogP contribution in [0.5, 0.6) is 17.2 Å². The molecule has 2 N–H and O–H groups in total. The van der Waals surface area contributed by atoms with E-state index in [1.807, 2.05) is 49.4 Å². The molecule has 0 atom stereocenters. The van der Waals surface area contributed by atoms with E-state index in [2.05, 4.69) is 0 Å². The minimum Gasteiger partial charge on any atom is -0.494 e. The molecule has 0 bridgehead atoms. The number of nitrogen functional groups attached to an aromatic ring is 1. The van der Waals surface area contributed by atoms with Gasteiger partial charge < -0.3 is 19.9 Å². The highest BCUT2D eigenvalue weighted by atomic mass is 35.5. The first-order chi connectivity index (χ1) is 10.8. The maximum Gasteiger partial charge on any atom is 0.142 e. The summed E-state index contributed by atoms with van der Waals surface area (Å²) in [6.45, 7) is 3.88. The van der Waals surface area contributed by atoms with Crippen molar-refractivity contribution in [1.29, 1.82) is 0 Å². The Balaban J connectivity index is 0.00000264. The van der Waals surface area contributed by atoms with Crippen LogP contribution in [0.15, 0.2) is 48.5 Å². The monoisotopic (exact) mass is 337 g/mol. The van der Waals surface area contributed by atoms with Crippen LogP contribution in [-0.2, 0) is 0 Å². The van der Waals surface area contributed by atoms with Crippen LogP contribution in [0, 0.1) is 0 Å². The molecule has 0 fully saturated rings. The van der Waals surface area contributed by atoms with Gasteiger partial charge in [-0.25, -0.2) is 0 Å². The molecule has 0 aromatic heterocycles. The van der Waals surface area contributed by atoms with Crippen molar-refractivity contribution in [2.45, 2.75) is 19.8 Å². The number of halogens is 1. The second-order valence-corrected chi connectivity index (χ2v) is 4.85. The van der Waals surface area contributed by atoms with Crippen LogP contribution in [0.3, 0.4) is 0 Å². The van der Waals surface area contributed by atoms with Crippen LogP contribution in [-0.4, -0.2) is 19.8 Å². The van der Waals surface area contributed by atoms with E-state index in [0.717, 1.165) is 24.3 Å². The molecular weight excluding hydrogens is 314 g/mol. The summed E-state index contributed by atoms with van der Waals surface area (Å²) in [6, 6.07) is 15.3. The van der Waals surface area contributed by atoms with Gasteiger partial charge in [-0.1, -0.05) is 18.2 Å². The van der Waals surface area contributed by atoms with Crippen molar-refractivity contribution in [3.8, 4) is 17.2 Å². The SMILES string of the molecule is CCOc1ccc(OCCCCOc2ccccc2)c(N)c1.Cl. The van der Waals surface area contributed by atoms with Crippen LogP contribution in [0.25, 0.3) is 0 Å². The first-order valence-corrected chi connectivity index (χ1v) is 7.62. The Labute approximate surface area is 144 Å². The number of hydrogen-bond donors (Lipinski definition) is 1. The summed E-state index contributed by atoms with van der Waals surface area (Å²) in [5.41, 5.74) is 6.54. The first kappa shape index (κ1) is 19.0. The molecule has 4 nitrogen and oxygen atoms in total. The molecule has 0 spiro atoms. The molecule has 2 aromatic rings. The van der Waals surface area contributed by atoms with Crippen LogP contribution in [0.2, 0.25) is 0 Å². The number of unbranched alkanes of at least 4 members (excludes halogenated alkanes) is 1. The first-order valence-electron chi connectivity index (χ1n) is 7.62. The molecule has 2 rings (SSSR count). The fourth-order valence-corrected chi connectivity index (χ4v) is 2.01. The second-order valence-electron chi connectivity index (χ2n) is 4.85. The third-order valence-electron chi connectivity index (χ3n) is 3.10. The fraction of sp³-hybridized carbons (Fsp3) is 0.333. The Bertz CT molecular complexity index is 563. The molecule has 23 heavy (non-hydrogen) atoms. The number of rotatable bonds is 9. The average molecular weight is 338 g/mol. The summed E-state index contributed by atoms with van der Waals surface area (Å²) < 4.78 is 16.7. The van der Waals surface area contributed by atoms with Crippen molar-refractivity contribution in [1.82, 2.24) is 0 Å². The van der Waals surface area contributed by atoms with Gasteiger partial charge in [0.1, 0.15) is 17.2 Å². The van der Waals surface area contributed by atoms with Crippen LogP contribution in [0.1, 0.15) is 19.8 Å². The van der Waals surface area contributed by atoms with Crippen molar-refractivity contribution in [3.05, 3.63) is 48.5 Å². The predicted molar refractivity (Wildman–Crippen MR) is 95.9 cm³/mol. The smallest absolute Gasteiger partial charge is 0.142 e. The summed E-state index contributed by atoms with van der Waals surface area (Å²) in [6.07, 6.45) is 1.85. The maximum absolute atomic E-state index is 5.94. The molecule has 0 unspecified atom stereocenters. The lowest BCUT2D eigenvalue weighted by Gasteiger charge is -2.11. The summed E-state index contributed by atoms with van der Waals surface area (Å²) in [5.74, 6) is 2.37. The number of para-hydroxylation sites is 1. The Kier molecular flexibility index (Phi) is 8.76. The van der Waals surface area contributed by atoms with Gasteiger partial charge in [-0.3, -0.25) is 0 Å². The van der Waals surface area contributed by atoms with Gasteiger partial charge in [0.25, 0.3) is 0 Å². The van der Waals surface area contributed by atoms with E-state index < -0.39 is 0 Å². The highest BCUT2D eigenvalue weighted by molar-refractivity contribution is 5.85. The number of anilines is 1. The molecule has 2 aromatic carbocycles. The lowest BCUT2D eigenvalue weighted by Crippen LogP contribution is -2.04. The minimum absolute atomic E-state index is 0. The van der Waals surface area contributed by atoms with E-state index >= 15 is 0 Å². The molecular formula is C18H24ClNO3. The molecule has 5 heteroatoms. The topological polar surface area (TPSA) is 53.7 Å². The standard InChI is InChI=1S/C18H23NO3.ClH/c1-2-20-16-10-11-18(17(19)14-16)22-13-7-6-12-21-15-8-4-3-5-9-15;/h3-5,8-11,14H,2,6-7,12-13,19H2,1H3;1H. The Morgan fingerprint density at radius 3 is 2.17 bits per heavy atom. The van der Waals surface area contributed by atoms with E-state index in [1.54, 1.807) is 6.07 Å². The van der Waals surface area contributed by atoms with Gasteiger partial charge in [0.15, 0.2) is 0 Å². The summed E-state index contributed by atoms with van der Waals surface area (Å²) >= 11 is 0. The molecule has 0 amide bonds. The molecule has 0 heterocycles. The Hall–Kier alpha value is -2.07. The molecule has 0 aliphatic carbocycles. The lowest BCUT2D eigenvalue weighted by molar-refractivity contribution is 0.267.